The maximum atomic E-state index is 6.42. The van der Waals surface area contributed by atoms with Crippen molar-refractivity contribution in [3.05, 3.63) is 105 Å². The van der Waals surface area contributed by atoms with Crippen LogP contribution < -0.4 is 14.2 Å². The topological polar surface area (TPSA) is 94.1 Å². The summed E-state index contributed by atoms with van der Waals surface area (Å²) in [6.07, 6.45) is 8.34. The average molecular weight is 784 g/mol. The predicted molar refractivity (Wildman–Crippen MR) is 228 cm³/mol. The van der Waals surface area contributed by atoms with Crippen molar-refractivity contribution < 1.29 is 28.4 Å². The molecule has 1 aromatic heterocycles. The van der Waals surface area contributed by atoms with E-state index in [4.69, 9.17) is 28.4 Å². The summed E-state index contributed by atoms with van der Waals surface area (Å²) >= 11 is 0. The molecular formula is C48H69N3O6. The van der Waals surface area contributed by atoms with Gasteiger partial charge in [-0.15, -0.1) is 15.0 Å². The third-order valence-electron chi connectivity index (χ3n) is 9.71. The van der Waals surface area contributed by atoms with E-state index in [0.29, 0.717) is 19.8 Å². The molecule has 0 spiro atoms. The molecule has 0 fully saturated rings. The molecule has 4 aromatic rings. The first-order chi connectivity index (χ1) is 27.5. The average Bonchev–Trinajstić information content (AvgIpc) is 3.16. The molecule has 1 heterocycles. The van der Waals surface area contributed by atoms with Gasteiger partial charge in [0, 0.05) is 0 Å². The Morgan fingerprint density at radius 2 is 0.632 bits per heavy atom. The lowest BCUT2D eigenvalue weighted by Gasteiger charge is -2.20. The van der Waals surface area contributed by atoms with Gasteiger partial charge >= 0.3 is 18.0 Å². The van der Waals surface area contributed by atoms with E-state index in [1.807, 2.05) is 0 Å². The first-order valence-corrected chi connectivity index (χ1v) is 21.2. The van der Waals surface area contributed by atoms with Gasteiger partial charge in [-0.05, 0) is 77.5 Å². The number of rotatable bonds is 27. The molecule has 0 radical (unpaired) electrons. The van der Waals surface area contributed by atoms with Crippen LogP contribution in [0.15, 0.2) is 54.6 Å². The highest BCUT2D eigenvalue weighted by Crippen LogP contribution is 2.21. The molecule has 312 valence electrons. The fourth-order valence-electron chi connectivity index (χ4n) is 7.06. The van der Waals surface area contributed by atoms with Crippen molar-refractivity contribution in [2.75, 3.05) is 19.8 Å². The second-order valence-corrected chi connectivity index (χ2v) is 15.8. The molecule has 0 aliphatic rings. The minimum absolute atomic E-state index is 0.133. The minimum Gasteiger partial charge on any atom is -0.460 e. The zero-order chi connectivity index (χ0) is 41.0. The number of hydrogen-bond donors (Lipinski definition) is 0. The van der Waals surface area contributed by atoms with Crippen LogP contribution in [0.1, 0.15) is 129 Å². The lowest BCUT2D eigenvalue weighted by molar-refractivity contribution is -0.00531. The van der Waals surface area contributed by atoms with Gasteiger partial charge in [0.2, 0.25) is 0 Å². The smallest absolute Gasteiger partial charge is 0.325 e. The summed E-state index contributed by atoms with van der Waals surface area (Å²) in [6.45, 7) is 21.6. The second-order valence-electron chi connectivity index (χ2n) is 15.8. The Labute approximate surface area is 343 Å². The highest BCUT2D eigenvalue weighted by Gasteiger charge is 2.19. The molecule has 9 heteroatoms. The van der Waals surface area contributed by atoms with Gasteiger partial charge < -0.3 is 28.4 Å². The van der Waals surface area contributed by atoms with Crippen molar-refractivity contribution >= 4 is 0 Å². The van der Waals surface area contributed by atoms with Crippen LogP contribution in [-0.2, 0) is 34.0 Å². The van der Waals surface area contributed by atoms with Gasteiger partial charge in [0.25, 0.3) is 0 Å². The molecule has 0 amide bonds. The van der Waals surface area contributed by atoms with Crippen molar-refractivity contribution in [3.8, 4) is 18.0 Å². The monoisotopic (exact) mass is 784 g/mol. The van der Waals surface area contributed by atoms with Crippen LogP contribution in [0.5, 0.6) is 18.0 Å². The number of hydrogen-bond acceptors (Lipinski definition) is 9. The molecule has 0 N–H and O–H groups in total. The number of benzene rings is 3. The highest BCUT2D eigenvalue weighted by molar-refractivity contribution is 5.29. The summed E-state index contributed by atoms with van der Waals surface area (Å²) in [4.78, 5) is 13.8. The minimum atomic E-state index is -0.148. The quantitative estimate of drug-likeness (QED) is 0.0586. The first-order valence-electron chi connectivity index (χ1n) is 21.2. The maximum absolute atomic E-state index is 6.42. The van der Waals surface area contributed by atoms with Crippen molar-refractivity contribution in [1.29, 1.82) is 0 Å². The van der Waals surface area contributed by atoms with Crippen LogP contribution in [0.25, 0.3) is 0 Å². The molecule has 0 bridgehead atoms. The Morgan fingerprint density at radius 1 is 0.386 bits per heavy atom. The van der Waals surface area contributed by atoms with E-state index in [0.717, 1.165) is 74.5 Å². The van der Waals surface area contributed by atoms with Crippen LogP contribution in [-0.4, -0.2) is 53.1 Å². The molecular weight excluding hydrogens is 715 g/mol. The molecule has 3 atom stereocenters. The van der Waals surface area contributed by atoms with Crippen LogP contribution in [0, 0.1) is 41.5 Å². The third kappa shape index (κ3) is 17.5. The van der Waals surface area contributed by atoms with Crippen LogP contribution in [0.4, 0.5) is 0 Å². The van der Waals surface area contributed by atoms with Gasteiger partial charge in [-0.25, -0.2) is 0 Å². The molecule has 0 aliphatic heterocycles. The lowest BCUT2D eigenvalue weighted by atomic mass is 10.1. The zero-order valence-corrected chi connectivity index (χ0v) is 36.3. The van der Waals surface area contributed by atoms with Gasteiger partial charge in [0.1, 0.15) is 19.8 Å². The number of unbranched alkanes of at least 4 members (excludes halogenated alkanes) is 3. The SMILES string of the molecule is CCCCC(COc1nc(OCC(CCCC)OCc2cc(C)cc(C)c2)nc(OCC(CCCC)OCc2cc(C)cc(C)c2)n1)OCc1cc(C)cc(C)c1. The van der Waals surface area contributed by atoms with E-state index in [1.165, 1.54) is 33.4 Å². The Kier molecular flexibility index (Phi) is 19.7. The molecule has 9 nitrogen and oxygen atoms in total. The second kappa shape index (κ2) is 24.7. The normalized spacial score (nSPS) is 13.0. The fourth-order valence-corrected chi connectivity index (χ4v) is 7.06. The summed E-state index contributed by atoms with van der Waals surface area (Å²) in [5.74, 6) is 0. The Balaban J connectivity index is 1.50. The van der Waals surface area contributed by atoms with Crippen molar-refractivity contribution in [2.45, 2.75) is 158 Å². The lowest BCUT2D eigenvalue weighted by Crippen LogP contribution is -2.25. The van der Waals surface area contributed by atoms with E-state index in [-0.39, 0.29) is 56.2 Å². The number of aromatic nitrogens is 3. The van der Waals surface area contributed by atoms with Crippen molar-refractivity contribution in [3.63, 3.8) is 0 Å². The van der Waals surface area contributed by atoms with Crippen LogP contribution in [0.2, 0.25) is 0 Å². The van der Waals surface area contributed by atoms with Crippen molar-refractivity contribution in [2.24, 2.45) is 0 Å². The molecule has 0 aliphatic carbocycles. The highest BCUT2D eigenvalue weighted by atomic mass is 16.6. The standard InChI is InChI=1S/C48H69N3O6/c1-10-13-16-43(52-28-40-22-34(4)19-35(5)23-40)31-55-46-49-47(56-32-44(17-14-11-2)53-29-41-24-36(6)20-37(7)25-41)51-48(50-46)57-33-45(18-15-12-3)54-30-42-26-38(8)21-39(9)27-42/h19-27,43-45H,10-18,28-33H2,1-9H3. The Morgan fingerprint density at radius 3 is 0.860 bits per heavy atom. The number of aryl methyl sites for hydroxylation is 6. The van der Waals surface area contributed by atoms with Gasteiger partial charge in [-0.1, -0.05) is 147 Å². The summed E-state index contributed by atoms with van der Waals surface area (Å²) < 4.78 is 38.1. The molecule has 3 aromatic carbocycles. The van der Waals surface area contributed by atoms with Crippen LogP contribution in [0.3, 0.4) is 0 Å². The van der Waals surface area contributed by atoms with Crippen LogP contribution >= 0.6 is 0 Å². The third-order valence-corrected chi connectivity index (χ3v) is 9.71. The zero-order valence-electron chi connectivity index (χ0n) is 36.3. The molecule has 4 rings (SSSR count). The van der Waals surface area contributed by atoms with E-state index in [9.17, 15) is 0 Å². The summed E-state index contributed by atoms with van der Waals surface area (Å²) in [6, 6.07) is 19.9. The maximum Gasteiger partial charge on any atom is 0.325 e. The molecule has 3 unspecified atom stereocenters. The summed E-state index contributed by atoms with van der Waals surface area (Å²) in [5.41, 5.74) is 10.8. The molecule has 57 heavy (non-hydrogen) atoms. The Bertz CT molecular complexity index is 1510. The van der Waals surface area contributed by atoms with E-state index in [2.05, 4.69) is 132 Å². The predicted octanol–water partition coefficient (Wildman–Crippen LogP) is 11.2. The van der Waals surface area contributed by atoms with Gasteiger partial charge in [0.15, 0.2) is 0 Å². The number of nitrogens with zero attached hydrogens (tertiary/aromatic N) is 3. The fraction of sp³-hybridized carbons (Fsp3) is 0.562. The van der Waals surface area contributed by atoms with E-state index < -0.39 is 0 Å². The number of ether oxygens (including phenoxy) is 6. The van der Waals surface area contributed by atoms with Gasteiger partial charge in [-0.2, -0.15) is 0 Å². The van der Waals surface area contributed by atoms with Gasteiger partial charge in [0.05, 0.1) is 38.1 Å². The molecule has 0 saturated heterocycles. The first kappa shape index (κ1) is 45.6. The summed E-state index contributed by atoms with van der Waals surface area (Å²) in [7, 11) is 0. The Hall–Kier alpha value is -4.05. The summed E-state index contributed by atoms with van der Waals surface area (Å²) in [5, 5.41) is 0. The van der Waals surface area contributed by atoms with Crippen molar-refractivity contribution in [1.82, 2.24) is 15.0 Å². The largest absolute Gasteiger partial charge is 0.460 e. The van der Waals surface area contributed by atoms with E-state index >= 15 is 0 Å². The van der Waals surface area contributed by atoms with E-state index in [1.54, 1.807) is 0 Å². The van der Waals surface area contributed by atoms with Gasteiger partial charge in [-0.3, -0.25) is 0 Å². The molecule has 0 saturated carbocycles.